The molecule has 0 unspecified atom stereocenters. The number of hydrogen-bond acceptors (Lipinski definition) is 2. The van der Waals surface area contributed by atoms with E-state index in [1.807, 2.05) is 12.3 Å². The Morgan fingerprint density at radius 3 is 3.27 bits per heavy atom. The molecule has 0 aromatic carbocycles. The van der Waals surface area contributed by atoms with Crippen molar-refractivity contribution in [1.29, 1.82) is 0 Å². The van der Waals surface area contributed by atoms with Gasteiger partial charge < -0.3 is 0 Å². The molecule has 1 aliphatic rings. The quantitative estimate of drug-likeness (QED) is 0.475. The summed E-state index contributed by atoms with van der Waals surface area (Å²) in [5.41, 5.74) is 3.69. The number of fused-ring (bicyclic) bond motifs is 3. The summed E-state index contributed by atoms with van der Waals surface area (Å²) in [7, 11) is 0. The van der Waals surface area contributed by atoms with Crippen LogP contribution in [0.25, 0.3) is 11.0 Å². The first-order chi connectivity index (χ1) is 5.45. The molecule has 1 aliphatic carbocycles. The minimum absolute atomic E-state index is 0.878. The summed E-state index contributed by atoms with van der Waals surface area (Å²) in [6, 6.07) is 4.05. The van der Waals surface area contributed by atoms with Crippen molar-refractivity contribution in [2.24, 2.45) is 0 Å². The Balaban J connectivity index is 2.56. The fourth-order valence-corrected chi connectivity index (χ4v) is 1.41. The average Bonchev–Trinajstić information content (AvgIpc) is 2.83. The van der Waals surface area contributed by atoms with Crippen molar-refractivity contribution in [3.05, 3.63) is 35.7 Å². The van der Waals surface area contributed by atoms with E-state index in [1.165, 1.54) is 16.5 Å². The molecule has 2 heteroatoms. The van der Waals surface area contributed by atoms with Crippen molar-refractivity contribution in [2.45, 2.75) is 6.42 Å². The van der Waals surface area contributed by atoms with E-state index in [1.54, 1.807) is 6.20 Å². The van der Waals surface area contributed by atoms with E-state index in [0.29, 0.717) is 0 Å². The molecular weight excluding hydrogens is 136 g/mol. The second kappa shape index (κ2) is 1.59. The lowest BCUT2D eigenvalue weighted by Gasteiger charge is -1.90. The molecule has 2 aromatic rings. The van der Waals surface area contributed by atoms with E-state index < -0.39 is 0 Å². The second-order valence-electron chi connectivity index (χ2n) is 2.81. The van der Waals surface area contributed by atoms with E-state index >= 15 is 0 Å². The monoisotopic (exact) mass is 142 g/mol. The van der Waals surface area contributed by atoms with Crippen molar-refractivity contribution in [2.75, 3.05) is 0 Å². The zero-order valence-electron chi connectivity index (χ0n) is 5.91. The third kappa shape index (κ3) is 0.611. The van der Waals surface area contributed by atoms with Crippen LogP contribution in [0.2, 0.25) is 0 Å². The predicted octanol–water partition coefficient (Wildman–Crippen LogP) is 1.53. The normalized spacial score (nSPS) is 13.1. The lowest BCUT2D eigenvalue weighted by Crippen LogP contribution is -1.79. The molecule has 0 bridgehead atoms. The molecular formula is C9H6N2. The van der Waals surface area contributed by atoms with Gasteiger partial charge in [-0.15, -0.1) is 0 Å². The fourth-order valence-electron chi connectivity index (χ4n) is 1.41. The van der Waals surface area contributed by atoms with Gasteiger partial charge in [-0.1, -0.05) is 0 Å². The highest BCUT2D eigenvalue weighted by Gasteiger charge is 2.20. The molecule has 2 heterocycles. The number of pyridine rings is 2. The van der Waals surface area contributed by atoms with Crippen LogP contribution in [-0.4, -0.2) is 9.97 Å². The lowest BCUT2D eigenvalue weighted by molar-refractivity contribution is 1.29. The van der Waals surface area contributed by atoms with Crippen LogP contribution in [0.15, 0.2) is 24.5 Å². The molecule has 0 aliphatic heterocycles. The van der Waals surface area contributed by atoms with Gasteiger partial charge in [-0.3, -0.25) is 0 Å². The van der Waals surface area contributed by atoms with Crippen LogP contribution in [0.3, 0.4) is 0 Å². The Morgan fingerprint density at radius 2 is 2.27 bits per heavy atom. The van der Waals surface area contributed by atoms with Crippen LogP contribution in [0, 0.1) is 0 Å². The molecule has 0 saturated heterocycles. The average molecular weight is 142 g/mol. The van der Waals surface area contributed by atoms with Crippen LogP contribution in [0.4, 0.5) is 0 Å². The van der Waals surface area contributed by atoms with Crippen LogP contribution in [0.5, 0.6) is 0 Å². The molecule has 2 aromatic heterocycles. The summed E-state index contributed by atoms with van der Waals surface area (Å²) in [4.78, 5) is 8.39. The molecule has 2 nitrogen and oxygen atoms in total. The first kappa shape index (κ1) is 5.24. The van der Waals surface area contributed by atoms with Gasteiger partial charge in [0.15, 0.2) is 5.65 Å². The zero-order valence-corrected chi connectivity index (χ0v) is 5.91. The fraction of sp³-hybridized carbons (Fsp3) is 0.111. The number of rotatable bonds is 0. The largest absolute Gasteiger partial charge is 0.237 e. The van der Waals surface area contributed by atoms with Gasteiger partial charge in [0.2, 0.25) is 0 Å². The Labute approximate surface area is 63.9 Å². The predicted molar refractivity (Wildman–Crippen MR) is 42.3 cm³/mol. The maximum absolute atomic E-state index is 4.22. The highest BCUT2D eigenvalue weighted by Crippen LogP contribution is 2.32. The zero-order chi connectivity index (χ0) is 7.26. The molecule has 0 spiro atoms. The van der Waals surface area contributed by atoms with Crippen molar-refractivity contribution in [3.63, 3.8) is 0 Å². The van der Waals surface area contributed by atoms with Gasteiger partial charge in [-0.2, -0.15) is 0 Å². The number of aromatic nitrogens is 2. The topological polar surface area (TPSA) is 25.8 Å². The SMILES string of the molecule is c1cnc2ncc3c(c2c1)C3. The van der Waals surface area contributed by atoms with E-state index in [9.17, 15) is 0 Å². The van der Waals surface area contributed by atoms with Crippen LogP contribution in [0.1, 0.15) is 11.1 Å². The lowest BCUT2D eigenvalue weighted by atomic mass is 10.3. The van der Waals surface area contributed by atoms with Gasteiger partial charge in [0.1, 0.15) is 0 Å². The molecule has 0 radical (unpaired) electrons. The van der Waals surface area contributed by atoms with E-state index in [2.05, 4.69) is 16.0 Å². The summed E-state index contributed by atoms with van der Waals surface area (Å²) in [6.45, 7) is 0. The molecule has 0 atom stereocenters. The molecule has 11 heavy (non-hydrogen) atoms. The highest BCUT2D eigenvalue weighted by molar-refractivity contribution is 5.84. The third-order valence-electron chi connectivity index (χ3n) is 2.08. The molecule has 0 amide bonds. The molecule has 52 valence electrons. The maximum Gasteiger partial charge on any atom is 0.159 e. The van der Waals surface area contributed by atoms with Gasteiger partial charge in [-0.25, -0.2) is 9.97 Å². The minimum Gasteiger partial charge on any atom is -0.237 e. The molecule has 0 fully saturated rings. The third-order valence-corrected chi connectivity index (χ3v) is 2.08. The standard InChI is InChI=1S/C9H6N2/c1-2-7-8-4-6(8)5-11-9(7)10-3-1/h1-3,5H,4H2. The van der Waals surface area contributed by atoms with Gasteiger partial charge in [0.05, 0.1) is 0 Å². The van der Waals surface area contributed by atoms with Crippen molar-refractivity contribution in [3.8, 4) is 0 Å². The summed E-state index contributed by atoms with van der Waals surface area (Å²) >= 11 is 0. The smallest absolute Gasteiger partial charge is 0.159 e. The Kier molecular flexibility index (Phi) is 0.756. The maximum atomic E-state index is 4.22. The summed E-state index contributed by atoms with van der Waals surface area (Å²) in [6.07, 6.45) is 4.82. The van der Waals surface area contributed by atoms with E-state index in [4.69, 9.17) is 0 Å². The van der Waals surface area contributed by atoms with Crippen LogP contribution < -0.4 is 0 Å². The molecule has 0 N–H and O–H groups in total. The Hall–Kier alpha value is -1.44. The van der Waals surface area contributed by atoms with Crippen molar-refractivity contribution in [1.82, 2.24) is 9.97 Å². The van der Waals surface area contributed by atoms with Crippen molar-refractivity contribution < 1.29 is 0 Å². The van der Waals surface area contributed by atoms with Gasteiger partial charge >= 0.3 is 0 Å². The number of nitrogens with zero attached hydrogens (tertiary/aromatic N) is 2. The van der Waals surface area contributed by atoms with E-state index in [-0.39, 0.29) is 0 Å². The summed E-state index contributed by atoms with van der Waals surface area (Å²) in [5, 5.41) is 1.23. The van der Waals surface area contributed by atoms with E-state index in [0.717, 1.165) is 12.1 Å². The van der Waals surface area contributed by atoms with Gasteiger partial charge in [0.25, 0.3) is 0 Å². The summed E-state index contributed by atoms with van der Waals surface area (Å²) in [5.74, 6) is 0. The molecule has 0 saturated carbocycles. The van der Waals surface area contributed by atoms with Gasteiger partial charge in [0, 0.05) is 24.2 Å². The highest BCUT2D eigenvalue weighted by atomic mass is 14.8. The minimum atomic E-state index is 0.878. The first-order valence-corrected chi connectivity index (χ1v) is 3.66. The van der Waals surface area contributed by atoms with Crippen LogP contribution >= 0.6 is 0 Å². The Bertz CT molecular complexity index is 435. The summed E-state index contributed by atoms with van der Waals surface area (Å²) < 4.78 is 0. The second-order valence-corrected chi connectivity index (χ2v) is 2.81. The van der Waals surface area contributed by atoms with Gasteiger partial charge in [-0.05, 0) is 23.3 Å². The van der Waals surface area contributed by atoms with Crippen LogP contribution in [-0.2, 0) is 6.42 Å². The number of hydrogen-bond donors (Lipinski definition) is 0. The first-order valence-electron chi connectivity index (χ1n) is 3.66. The molecule has 3 rings (SSSR count). The Morgan fingerprint density at radius 1 is 1.27 bits per heavy atom. The van der Waals surface area contributed by atoms with Crippen molar-refractivity contribution >= 4 is 11.0 Å².